The van der Waals surface area contributed by atoms with Crippen LogP contribution in [-0.2, 0) is 9.59 Å². The minimum Gasteiger partial charge on any atom is -0.486 e. The Labute approximate surface area is 94.4 Å². The molecule has 2 N–H and O–H groups in total. The summed E-state index contributed by atoms with van der Waals surface area (Å²) in [4.78, 5) is 22.0. The second-order valence-corrected chi connectivity index (χ2v) is 3.32. The molecule has 0 aromatic heterocycles. The Hall–Kier alpha value is -1.68. The second kappa shape index (κ2) is 6.74. The van der Waals surface area contributed by atoms with Gasteiger partial charge in [-0.15, -0.1) is 0 Å². The third-order valence-corrected chi connectivity index (χ3v) is 2.11. The number of hydrogen-bond donors (Lipinski definition) is 1. The van der Waals surface area contributed by atoms with Crippen molar-refractivity contribution in [3.05, 3.63) is 30.3 Å². The van der Waals surface area contributed by atoms with Crippen LogP contribution >= 0.6 is 0 Å². The zero-order valence-corrected chi connectivity index (χ0v) is 8.89. The first kappa shape index (κ1) is 12.4. The molecule has 0 saturated heterocycles. The molecule has 85 valence electrons. The van der Waals surface area contributed by atoms with Crippen molar-refractivity contribution in [1.82, 2.24) is 0 Å². The van der Waals surface area contributed by atoms with Crippen molar-refractivity contribution in [1.29, 1.82) is 0 Å². The van der Waals surface area contributed by atoms with Crippen LogP contribution < -0.4 is 10.5 Å². The van der Waals surface area contributed by atoms with E-state index in [0.29, 0.717) is 12.2 Å². The molecular formula is C12H14NO3. The smallest absolute Gasteiger partial charge is 0.209 e. The minimum absolute atomic E-state index is 0.121. The Balaban J connectivity index is 2.42. The number of rotatable bonds is 7. The molecule has 1 aromatic rings. The lowest BCUT2D eigenvalue weighted by Crippen LogP contribution is -2.25. The van der Waals surface area contributed by atoms with E-state index >= 15 is 0 Å². The van der Waals surface area contributed by atoms with Crippen molar-refractivity contribution in [3.8, 4) is 5.75 Å². The predicted octanol–water partition coefficient (Wildman–Crippen LogP) is 0.709. The molecule has 1 rings (SSSR count). The van der Waals surface area contributed by atoms with E-state index in [-0.39, 0.29) is 18.9 Å². The number of carbonyl (C=O) groups excluding carboxylic acids is 2. The summed E-state index contributed by atoms with van der Waals surface area (Å²) in [6.07, 6.45) is 2.00. The summed E-state index contributed by atoms with van der Waals surface area (Å²) in [5.74, 6) is -0.453. The van der Waals surface area contributed by atoms with Crippen LogP contribution in [0.25, 0.3) is 0 Å². The number of hydrogen-bond acceptors (Lipinski definition) is 4. The highest BCUT2D eigenvalue weighted by Gasteiger charge is 2.18. The Morgan fingerprint density at radius 2 is 2.06 bits per heavy atom. The zero-order valence-electron chi connectivity index (χ0n) is 8.89. The zero-order chi connectivity index (χ0) is 11.8. The Kier molecular flexibility index (Phi) is 5.22. The van der Waals surface area contributed by atoms with Crippen LogP contribution in [0.4, 0.5) is 0 Å². The van der Waals surface area contributed by atoms with Crippen molar-refractivity contribution >= 4 is 12.1 Å². The monoisotopic (exact) mass is 220 g/mol. The molecule has 0 spiro atoms. The molecule has 1 radical (unpaired) electrons. The molecule has 0 aliphatic carbocycles. The van der Waals surface area contributed by atoms with Gasteiger partial charge in [-0.05, 0) is 25.1 Å². The van der Waals surface area contributed by atoms with Gasteiger partial charge in [-0.1, -0.05) is 18.2 Å². The first-order valence-electron chi connectivity index (χ1n) is 5.06. The first-order chi connectivity index (χ1) is 7.77. The summed E-state index contributed by atoms with van der Waals surface area (Å²) >= 11 is 0. The van der Waals surface area contributed by atoms with E-state index < -0.39 is 5.92 Å². The average Bonchev–Trinajstić information content (AvgIpc) is 2.34. The maximum atomic E-state index is 11.5. The maximum Gasteiger partial charge on any atom is 0.209 e. The molecule has 1 atom stereocenters. The Morgan fingerprint density at radius 1 is 1.38 bits per heavy atom. The molecule has 0 aliphatic rings. The van der Waals surface area contributed by atoms with Gasteiger partial charge in [-0.3, -0.25) is 9.59 Å². The highest BCUT2D eigenvalue weighted by Crippen LogP contribution is 2.09. The molecule has 1 aromatic carbocycles. The van der Waals surface area contributed by atoms with Crippen LogP contribution in [0, 0.1) is 5.92 Å². The van der Waals surface area contributed by atoms with Crippen molar-refractivity contribution in [3.63, 3.8) is 0 Å². The van der Waals surface area contributed by atoms with E-state index in [9.17, 15) is 9.59 Å². The summed E-state index contributed by atoms with van der Waals surface area (Å²) in [5.41, 5.74) is 5.28. The fraction of sp³-hybridized carbons (Fsp3) is 0.333. The summed E-state index contributed by atoms with van der Waals surface area (Å²) in [7, 11) is 0. The van der Waals surface area contributed by atoms with Crippen LogP contribution in [0.1, 0.15) is 6.42 Å². The van der Waals surface area contributed by atoms with Gasteiger partial charge in [0.05, 0.1) is 5.92 Å². The van der Waals surface area contributed by atoms with Crippen LogP contribution in [0.3, 0.4) is 0 Å². The van der Waals surface area contributed by atoms with Crippen molar-refractivity contribution in [2.75, 3.05) is 13.2 Å². The molecule has 0 aliphatic heterocycles. The predicted molar refractivity (Wildman–Crippen MR) is 59.8 cm³/mol. The molecule has 0 heterocycles. The highest BCUT2D eigenvalue weighted by atomic mass is 16.5. The van der Waals surface area contributed by atoms with E-state index in [2.05, 4.69) is 0 Å². The van der Waals surface area contributed by atoms with Crippen LogP contribution in [0.5, 0.6) is 5.75 Å². The van der Waals surface area contributed by atoms with Crippen LogP contribution in [-0.4, -0.2) is 25.2 Å². The number of benzene rings is 1. The SMILES string of the molecule is NCCC([C]=O)C(=O)COc1ccccc1. The topological polar surface area (TPSA) is 69.4 Å². The lowest BCUT2D eigenvalue weighted by molar-refractivity contribution is -0.123. The lowest BCUT2D eigenvalue weighted by Gasteiger charge is -2.08. The standard InChI is InChI=1S/C12H14NO3/c13-7-6-10(8-14)12(15)9-16-11-4-2-1-3-5-11/h1-5,10H,6-7,9,13H2. The van der Waals surface area contributed by atoms with Gasteiger partial charge in [0.2, 0.25) is 6.29 Å². The first-order valence-corrected chi connectivity index (χ1v) is 5.06. The lowest BCUT2D eigenvalue weighted by atomic mass is 10.0. The van der Waals surface area contributed by atoms with E-state index in [1.807, 2.05) is 18.2 Å². The minimum atomic E-state index is -0.770. The van der Waals surface area contributed by atoms with Gasteiger partial charge in [0.1, 0.15) is 12.4 Å². The number of ketones is 1. The fourth-order valence-corrected chi connectivity index (χ4v) is 1.22. The van der Waals surface area contributed by atoms with Gasteiger partial charge < -0.3 is 10.5 Å². The van der Waals surface area contributed by atoms with Gasteiger partial charge in [0, 0.05) is 0 Å². The highest BCUT2D eigenvalue weighted by molar-refractivity contribution is 5.94. The number of Topliss-reactive ketones (excluding diaryl/α,β-unsaturated/α-hetero) is 1. The number of ether oxygens (including phenoxy) is 1. The molecule has 4 nitrogen and oxygen atoms in total. The van der Waals surface area contributed by atoms with E-state index in [1.54, 1.807) is 18.4 Å². The summed E-state index contributed by atoms with van der Waals surface area (Å²) in [6, 6.07) is 8.96. The van der Waals surface area contributed by atoms with E-state index in [0.717, 1.165) is 0 Å². The molecule has 0 saturated carbocycles. The molecule has 0 bridgehead atoms. The molecule has 1 unspecified atom stereocenters. The molecule has 4 heteroatoms. The third-order valence-electron chi connectivity index (χ3n) is 2.11. The van der Waals surface area contributed by atoms with Gasteiger partial charge in [0.15, 0.2) is 5.78 Å². The quantitative estimate of drug-likeness (QED) is 0.687. The van der Waals surface area contributed by atoms with E-state index in [1.165, 1.54) is 0 Å². The van der Waals surface area contributed by atoms with Crippen LogP contribution in [0.2, 0.25) is 0 Å². The Bertz CT molecular complexity index is 337. The van der Waals surface area contributed by atoms with Crippen molar-refractivity contribution < 1.29 is 14.3 Å². The summed E-state index contributed by atoms with van der Waals surface area (Å²) in [6.45, 7) is 0.168. The molecule has 16 heavy (non-hydrogen) atoms. The molecule has 0 amide bonds. The summed E-state index contributed by atoms with van der Waals surface area (Å²) < 4.78 is 5.23. The van der Waals surface area contributed by atoms with Crippen LogP contribution in [0.15, 0.2) is 30.3 Å². The van der Waals surface area contributed by atoms with Gasteiger partial charge in [-0.25, -0.2) is 0 Å². The van der Waals surface area contributed by atoms with Crippen molar-refractivity contribution in [2.24, 2.45) is 11.7 Å². The maximum absolute atomic E-state index is 11.5. The summed E-state index contributed by atoms with van der Waals surface area (Å²) in [5, 5.41) is 0. The van der Waals surface area contributed by atoms with Crippen molar-refractivity contribution in [2.45, 2.75) is 6.42 Å². The number of para-hydroxylation sites is 1. The second-order valence-electron chi connectivity index (χ2n) is 3.32. The largest absolute Gasteiger partial charge is 0.486 e. The fourth-order valence-electron chi connectivity index (χ4n) is 1.22. The normalized spacial score (nSPS) is 11.8. The number of nitrogens with two attached hydrogens (primary N) is 1. The van der Waals surface area contributed by atoms with Gasteiger partial charge in [0.25, 0.3) is 0 Å². The van der Waals surface area contributed by atoms with Gasteiger partial charge in [-0.2, -0.15) is 0 Å². The van der Waals surface area contributed by atoms with Gasteiger partial charge >= 0.3 is 0 Å². The third kappa shape index (κ3) is 3.82. The molecule has 0 fully saturated rings. The molecular weight excluding hydrogens is 206 g/mol. The van der Waals surface area contributed by atoms with E-state index in [4.69, 9.17) is 10.5 Å². The average molecular weight is 220 g/mol. The Morgan fingerprint density at radius 3 is 2.62 bits per heavy atom. The number of carbonyl (C=O) groups is 1.